The summed E-state index contributed by atoms with van der Waals surface area (Å²) >= 11 is 1.14. The highest BCUT2D eigenvalue weighted by atomic mass is 32.2. The standard InChI is InChI=1S/C20H23N3O4S2/c1-12(2)23-16-9-8-15(11-18(16)28-20(23)25)21-19(24)14-7-6-13(3)17(10-14)22(4)29(5,26)27/h6-12H,1-5H3,(H,21,24). The molecule has 0 bridgehead atoms. The van der Waals surface area contributed by atoms with E-state index in [1.54, 1.807) is 41.8 Å². The third kappa shape index (κ3) is 4.20. The van der Waals surface area contributed by atoms with Gasteiger partial charge in [-0.1, -0.05) is 17.4 Å². The van der Waals surface area contributed by atoms with E-state index in [1.165, 1.54) is 7.05 Å². The van der Waals surface area contributed by atoms with Crippen molar-refractivity contribution in [2.24, 2.45) is 0 Å². The number of aromatic nitrogens is 1. The maximum absolute atomic E-state index is 12.7. The Labute approximate surface area is 173 Å². The van der Waals surface area contributed by atoms with E-state index >= 15 is 0 Å². The molecule has 0 unspecified atom stereocenters. The van der Waals surface area contributed by atoms with Crippen LogP contribution in [0.15, 0.2) is 41.2 Å². The van der Waals surface area contributed by atoms with Crippen molar-refractivity contribution in [3.8, 4) is 0 Å². The van der Waals surface area contributed by atoms with Gasteiger partial charge in [-0.2, -0.15) is 0 Å². The van der Waals surface area contributed by atoms with Crippen molar-refractivity contribution >= 4 is 48.9 Å². The quantitative estimate of drug-likeness (QED) is 0.666. The van der Waals surface area contributed by atoms with Crippen molar-refractivity contribution in [3.63, 3.8) is 0 Å². The van der Waals surface area contributed by atoms with Gasteiger partial charge >= 0.3 is 4.87 Å². The summed E-state index contributed by atoms with van der Waals surface area (Å²) in [6.07, 6.45) is 1.11. The van der Waals surface area contributed by atoms with Gasteiger partial charge < -0.3 is 5.32 Å². The lowest BCUT2D eigenvalue weighted by molar-refractivity contribution is 0.102. The highest BCUT2D eigenvalue weighted by Gasteiger charge is 2.17. The van der Waals surface area contributed by atoms with Gasteiger partial charge in [0.2, 0.25) is 10.0 Å². The fourth-order valence-electron chi connectivity index (χ4n) is 3.08. The van der Waals surface area contributed by atoms with Gasteiger partial charge in [-0.25, -0.2) is 8.42 Å². The van der Waals surface area contributed by atoms with E-state index in [4.69, 9.17) is 0 Å². The van der Waals surface area contributed by atoms with Gasteiger partial charge in [-0.05, 0) is 56.7 Å². The summed E-state index contributed by atoms with van der Waals surface area (Å²) in [5.74, 6) is -0.358. The van der Waals surface area contributed by atoms with Crippen molar-refractivity contribution in [2.45, 2.75) is 26.8 Å². The Bertz CT molecular complexity index is 1260. The predicted molar refractivity (Wildman–Crippen MR) is 119 cm³/mol. The number of aryl methyl sites for hydroxylation is 1. The lowest BCUT2D eigenvalue weighted by Crippen LogP contribution is -2.26. The first-order valence-corrected chi connectivity index (χ1v) is 11.7. The lowest BCUT2D eigenvalue weighted by atomic mass is 10.1. The van der Waals surface area contributed by atoms with Crippen molar-refractivity contribution in [2.75, 3.05) is 22.9 Å². The Morgan fingerprint density at radius 2 is 1.86 bits per heavy atom. The average molecular weight is 434 g/mol. The van der Waals surface area contributed by atoms with Crippen LogP contribution in [0.2, 0.25) is 0 Å². The molecular formula is C20H23N3O4S2. The first kappa shape index (κ1) is 21.1. The summed E-state index contributed by atoms with van der Waals surface area (Å²) in [6.45, 7) is 5.69. The van der Waals surface area contributed by atoms with Crippen LogP contribution in [-0.4, -0.2) is 32.2 Å². The van der Waals surface area contributed by atoms with Crippen LogP contribution in [0.1, 0.15) is 35.8 Å². The molecule has 3 aromatic rings. The molecule has 0 atom stereocenters. The summed E-state index contributed by atoms with van der Waals surface area (Å²) in [5.41, 5.74) is 2.94. The topological polar surface area (TPSA) is 88.5 Å². The predicted octanol–water partition coefficient (Wildman–Crippen LogP) is 3.60. The second-order valence-electron chi connectivity index (χ2n) is 7.20. The van der Waals surface area contributed by atoms with Gasteiger partial charge in [0, 0.05) is 24.3 Å². The van der Waals surface area contributed by atoms with E-state index in [-0.39, 0.29) is 16.8 Å². The molecule has 0 saturated heterocycles. The first-order valence-electron chi connectivity index (χ1n) is 9.00. The van der Waals surface area contributed by atoms with Crippen LogP contribution >= 0.6 is 11.3 Å². The highest BCUT2D eigenvalue weighted by Crippen LogP contribution is 2.26. The zero-order valence-corrected chi connectivity index (χ0v) is 18.5. The van der Waals surface area contributed by atoms with E-state index in [0.717, 1.165) is 37.7 Å². The van der Waals surface area contributed by atoms with Crippen LogP contribution in [0, 0.1) is 6.92 Å². The van der Waals surface area contributed by atoms with Gasteiger partial charge in [0.15, 0.2) is 0 Å². The Morgan fingerprint density at radius 1 is 1.17 bits per heavy atom. The minimum atomic E-state index is -3.44. The number of carbonyl (C=O) groups excluding carboxylic acids is 1. The summed E-state index contributed by atoms with van der Waals surface area (Å²) in [7, 11) is -1.99. The molecule has 2 aromatic carbocycles. The largest absolute Gasteiger partial charge is 0.322 e. The Balaban J connectivity index is 1.92. The average Bonchev–Trinajstić information content (AvgIpc) is 2.95. The minimum absolute atomic E-state index is 0.0366. The number of sulfonamides is 1. The summed E-state index contributed by atoms with van der Waals surface area (Å²) in [4.78, 5) is 24.9. The van der Waals surface area contributed by atoms with Gasteiger partial charge in [0.1, 0.15) is 0 Å². The second kappa shape index (κ2) is 7.64. The summed E-state index contributed by atoms with van der Waals surface area (Å²) in [6, 6.07) is 10.3. The number of amides is 1. The van der Waals surface area contributed by atoms with Gasteiger partial charge in [0.05, 0.1) is 22.2 Å². The molecule has 0 radical (unpaired) electrons. The van der Waals surface area contributed by atoms with Crippen molar-refractivity contribution in [3.05, 3.63) is 57.2 Å². The van der Waals surface area contributed by atoms with Crippen molar-refractivity contribution < 1.29 is 13.2 Å². The Hall–Kier alpha value is -2.65. The SMILES string of the molecule is Cc1ccc(C(=O)Nc2ccc3c(c2)sc(=O)n3C(C)C)cc1N(C)S(C)(=O)=O. The molecule has 7 nitrogen and oxygen atoms in total. The molecule has 0 aliphatic heterocycles. The zero-order valence-electron chi connectivity index (χ0n) is 16.9. The number of carbonyl (C=O) groups is 1. The smallest absolute Gasteiger partial charge is 0.308 e. The van der Waals surface area contributed by atoms with Gasteiger partial charge in [0.25, 0.3) is 5.91 Å². The molecule has 1 heterocycles. The van der Waals surface area contributed by atoms with E-state index in [9.17, 15) is 18.0 Å². The van der Waals surface area contributed by atoms with Gasteiger partial charge in [-0.15, -0.1) is 0 Å². The van der Waals surface area contributed by atoms with E-state index in [1.807, 2.05) is 19.9 Å². The van der Waals surface area contributed by atoms with E-state index in [0.29, 0.717) is 16.9 Å². The molecule has 3 rings (SSSR count). The second-order valence-corrected chi connectivity index (χ2v) is 10.2. The molecule has 0 spiro atoms. The molecular weight excluding hydrogens is 410 g/mol. The molecule has 9 heteroatoms. The number of benzene rings is 2. The molecule has 1 aromatic heterocycles. The van der Waals surface area contributed by atoms with Crippen LogP contribution in [-0.2, 0) is 10.0 Å². The molecule has 154 valence electrons. The number of fused-ring (bicyclic) bond motifs is 1. The molecule has 1 amide bonds. The number of hydrogen-bond acceptors (Lipinski definition) is 5. The van der Waals surface area contributed by atoms with Crippen LogP contribution in [0.4, 0.5) is 11.4 Å². The Kier molecular flexibility index (Phi) is 5.55. The molecule has 0 fully saturated rings. The third-order valence-electron chi connectivity index (χ3n) is 4.70. The first-order chi connectivity index (χ1) is 13.5. The zero-order chi connectivity index (χ0) is 21.5. The van der Waals surface area contributed by atoms with Gasteiger partial charge in [-0.3, -0.25) is 18.5 Å². The van der Waals surface area contributed by atoms with Crippen molar-refractivity contribution in [1.82, 2.24) is 4.57 Å². The monoisotopic (exact) mass is 433 g/mol. The fourth-order valence-corrected chi connectivity index (χ4v) is 4.68. The maximum atomic E-state index is 12.7. The fraction of sp³-hybridized carbons (Fsp3) is 0.300. The molecule has 0 saturated carbocycles. The normalized spacial score (nSPS) is 11.8. The summed E-state index contributed by atoms with van der Waals surface area (Å²) < 4.78 is 27.4. The molecule has 1 N–H and O–H groups in total. The third-order valence-corrected chi connectivity index (χ3v) is 6.81. The van der Waals surface area contributed by atoms with Crippen LogP contribution in [0.3, 0.4) is 0 Å². The molecule has 0 aliphatic rings. The number of hydrogen-bond donors (Lipinski definition) is 1. The number of anilines is 2. The van der Waals surface area contributed by atoms with Crippen LogP contribution in [0.5, 0.6) is 0 Å². The molecule has 0 aliphatic carbocycles. The number of rotatable bonds is 5. The summed E-state index contributed by atoms with van der Waals surface area (Å²) in [5, 5.41) is 2.82. The Morgan fingerprint density at radius 3 is 2.48 bits per heavy atom. The highest BCUT2D eigenvalue weighted by molar-refractivity contribution is 7.92. The van der Waals surface area contributed by atoms with Crippen LogP contribution < -0.4 is 14.5 Å². The number of thiazole rings is 1. The number of nitrogens with one attached hydrogen (secondary N) is 1. The minimum Gasteiger partial charge on any atom is -0.322 e. The van der Waals surface area contributed by atoms with E-state index in [2.05, 4.69) is 5.32 Å². The van der Waals surface area contributed by atoms with Crippen molar-refractivity contribution in [1.29, 1.82) is 0 Å². The van der Waals surface area contributed by atoms with Crippen LogP contribution in [0.25, 0.3) is 10.2 Å². The lowest BCUT2D eigenvalue weighted by Gasteiger charge is -2.19. The number of nitrogens with zero attached hydrogens (tertiary/aromatic N) is 2. The maximum Gasteiger partial charge on any atom is 0.308 e. The van der Waals surface area contributed by atoms with E-state index < -0.39 is 10.0 Å². The molecule has 29 heavy (non-hydrogen) atoms.